The van der Waals surface area contributed by atoms with Gasteiger partial charge in [0.15, 0.2) is 0 Å². The predicted molar refractivity (Wildman–Crippen MR) is 70.6 cm³/mol. The molecule has 1 saturated heterocycles. The van der Waals surface area contributed by atoms with E-state index in [1.54, 1.807) is 4.90 Å². The highest BCUT2D eigenvalue weighted by Gasteiger charge is 2.44. The average Bonchev–Trinajstić information content (AvgIpc) is 2.44. The lowest BCUT2D eigenvalue weighted by molar-refractivity contribution is -0.118. The second-order valence-electron chi connectivity index (χ2n) is 4.78. The van der Waals surface area contributed by atoms with Crippen LogP contribution < -0.4 is 5.32 Å². The van der Waals surface area contributed by atoms with Crippen molar-refractivity contribution in [2.75, 3.05) is 32.8 Å². The molecule has 1 aliphatic heterocycles. The molecule has 0 spiro atoms. The maximum absolute atomic E-state index is 14.1. The zero-order chi connectivity index (χ0) is 14.8. The van der Waals surface area contributed by atoms with Gasteiger partial charge >= 0.3 is 0 Å². The Morgan fingerprint density at radius 2 is 2.00 bits per heavy atom. The molecular formula is C13H16ClF3N2O. The number of nitrogens with zero attached hydrogens (tertiary/aromatic N) is 1. The summed E-state index contributed by atoms with van der Waals surface area (Å²) in [7, 11) is 0. The Hall–Kier alpha value is -0.820. The Labute approximate surface area is 120 Å². The van der Waals surface area contributed by atoms with Crippen molar-refractivity contribution in [2.45, 2.75) is 12.0 Å². The Morgan fingerprint density at radius 1 is 1.35 bits per heavy atom. The fourth-order valence-electron chi connectivity index (χ4n) is 2.43. The number of aliphatic hydroxyl groups excluding tert-OH is 1. The van der Waals surface area contributed by atoms with Gasteiger partial charge in [-0.1, -0.05) is 17.7 Å². The number of halogens is 4. The third-order valence-electron chi connectivity index (χ3n) is 3.39. The molecule has 1 aliphatic rings. The number of aliphatic hydroxyl groups is 1. The summed E-state index contributed by atoms with van der Waals surface area (Å²) in [6.45, 7) is 0.684. The zero-order valence-corrected chi connectivity index (χ0v) is 11.5. The number of alkyl halides is 2. The van der Waals surface area contributed by atoms with Crippen molar-refractivity contribution in [3.05, 3.63) is 34.6 Å². The summed E-state index contributed by atoms with van der Waals surface area (Å²) in [5.74, 6) is -4.09. The highest BCUT2D eigenvalue weighted by atomic mass is 35.5. The Morgan fingerprint density at radius 3 is 2.55 bits per heavy atom. The minimum absolute atomic E-state index is 0.111. The molecular weight excluding hydrogens is 293 g/mol. The molecule has 2 rings (SSSR count). The van der Waals surface area contributed by atoms with Gasteiger partial charge in [-0.05, 0) is 17.7 Å². The van der Waals surface area contributed by atoms with Gasteiger partial charge < -0.3 is 10.4 Å². The lowest BCUT2D eigenvalue weighted by atomic mass is 9.98. The van der Waals surface area contributed by atoms with E-state index < -0.39 is 24.4 Å². The molecule has 3 nitrogen and oxygen atoms in total. The van der Waals surface area contributed by atoms with E-state index in [9.17, 15) is 13.2 Å². The lowest BCUT2D eigenvalue weighted by Crippen LogP contribution is -2.51. The van der Waals surface area contributed by atoms with E-state index in [1.165, 1.54) is 12.1 Å². The fraction of sp³-hybridized carbons (Fsp3) is 0.538. The number of nitrogens with one attached hydrogen (secondary N) is 1. The van der Waals surface area contributed by atoms with Crippen LogP contribution in [-0.4, -0.2) is 48.7 Å². The fourth-order valence-corrected chi connectivity index (χ4v) is 2.55. The molecule has 0 aromatic heterocycles. The van der Waals surface area contributed by atoms with Gasteiger partial charge in [-0.3, -0.25) is 4.90 Å². The van der Waals surface area contributed by atoms with Crippen LogP contribution >= 0.6 is 11.6 Å². The van der Waals surface area contributed by atoms with Crippen LogP contribution in [0.15, 0.2) is 18.2 Å². The largest absolute Gasteiger partial charge is 0.390 e. The lowest BCUT2D eigenvalue weighted by Gasteiger charge is -2.38. The average molecular weight is 309 g/mol. The number of hydrogen-bond donors (Lipinski definition) is 2. The van der Waals surface area contributed by atoms with Crippen molar-refractivity contribution in [1.29, 1.82) is 0 Å². The molecule has 112 valence electrons. The maximum Gasteiger partial charge on any atom is 0.289 e. The summed E-state index contributed by atoms with van der Waals surface area (Å²) in [6, 6.07) is 2.29. The van der Waals surface area contributed by atoms with Gasteiger partial charge in [-0.2, -0.15) is 0 Å². The monoisotopic (exact) mass is 308 g/mol. The molecule has 1 atom stereocenters. The van der Waals surface area contributed by atoms with Crippen LogP contribution in [0.4, 0.5) is 13.2 Å². The first-order valence-corrected chi connectivity index (χ1v) is 6.72. The molecule has 0 aliphatic carbocycles. The van der Waals surface area contributed by atoms with Gasteiger partial charge in [0, 0.05) is 26.2 Å². The number of rotatable bonds is 4. The van der Waals surface area contributed by atoms with E-state index in [4.69, 9.17) is 16.7 Å². The molecule has 1 fully saturated rings. The highest BCUT2D eigenvalue weighted by molar-refractivity contribution is 6.30. The Kier molecular flexibility index (Phi) is 4.90. The summed E-state index contributed by atoms with van der Waals surface area (Å²) in [5.41, 5.74) is 0.118. The molecule has 0 saturated carbocycles. The normalized spacial score (nSPS) is 19.1. The van der Waals surface area contributed by atoms with Crippen LogP contribution in [0.5, 0.6) is 0 Å². The molecule has 1 heterocycles. The second-order valence-corrected chi connectivity index (χ2v) is 5.19. The molecule has 1 aromatic carbocycles. The number of piperazine rings is 1. The molecule has 0 radical (unpaired) electrons. The van der Waals surface area contributed by atoms with Gasteiger partial charge in [0.1, 0.15) is 18.5 Å². The molecule has 1 aromatic rings. The highest BCUT2D eigenvalue weighted by Crippen LogP contribution is 2.37. The summed E-state index contributed by atoms with van der Waals surface area (Å²) in [6.07, 6.45) is 0. The topological polar surface area (TPSA) is 35.5 Å². The maximum atomic E-state index is 14.1. The minimum Gasteiger partial charge on any atom is -0.390 e. The van der Waals surface area contributed by atoms with Gasteiger partial charge in [-0.15, -0.1) is 0 Å². The van der Waals surface area contributed by atoms with E-state index >= 15 is 0 Å². The van der Waals surface area contributed by atoms with Crippen molar-refractivity contribution in [1.82, 2.24) is 10.2 Å². The molecule has 2 N–H and O–H groups in total. The summed E-state index contributed by atoms with van der Waals surface area (Å²) in [5, 5.41) is 11.9. The third-order valence-corrected chi connectivity index (χ3v) is 3.69. The van der Waals surface area contributed by atoms with Gasteiger partial charge in [-0.25, -0.2) is 13.2 Å². The molecule has 0 amide bonds. The SMILES string of the molecule is OCC(F)(F)[C@@H](c1ccc(Cl)c(F)c1)N1CCNCC1. The van der Waals surface area contributed by atoms with Crippen LogP contribution in [-0.2, 0) is 0 Å². The smallest absolute Gasteiger partial charge is 0.289 e. The van der Waals surface area contributed by atoms with E-state index in [-0.39, 0.29) is 10.6 Å². The van der Waals surface area contributed by atoms with Crippen LogP contribution in [0.2, 0.25) is 5.02 Å². The first-order chi connectivity index (χ1) is 9.45. The van der Waals surface area contributed by atoms with Crippen LogP contribution in [0.25, 0.3) is 0 Å². The predicted octanol–water partition coefficient (Wildman–Crippen LogP) is 2.05. The Balaban J connectivity index is 2.36. The number of hydrogen-bond acceptors (Lipinski definition) is 3. The summed E-state index contributed by atoms with van der Waals surface area (Å²) in [4.78, 5) is 1.55. The van der Waals surface area contributed by atoms with Crippen molar-refractivity contribution in [2.24, 2.45) is 0 Å². The van der Waals surface area contributed by atoms with Crippen LogP contribution in [0.3, 0.4) is 0 Å². The van der Waals surface area contributed by atoms with Crippen molar-refractivity contribution in [3.8, 4) is 0 Å². The third kappa shape index (κ3) is 3.25. The quantitative estimate of drug-likeness (QED) is 0.894. The van der Waals surface area contributed by atoms with Crippen molar-refractivity contribution in [3.63, 3.8) is 0 Å². The second kappa shape index (κ2) is 6.30. The molecule has 7 heteroatoms. The van der Waals surface area contributed by atoms with Gasteiger partial charge in [0.2, 0.25) is 0 Å². The first-order valence-electron chi connectivity index (χ1n) is 6.34. The van der Waals surface area contributed by atoms with Gasteiger partial charge in [0.25, 0.3) is 5.92 Å². The van der Waals surface area contributed by atoms with Gasteiger partial charge in [0.05, 0.1) is 5.02 Å². The first kappa shape index (κ1) is 15.6. The van der Waals surface area contributed by atoms with E-state index in [1.807, 2.05) is 0 Å². The summed E-state index contributed by atoms with van der Waals surface area (Å²) >= 11 is 5.58. The van der Waals surface area contributed by atoms with E-state index in [0.717, 1.165) is 6.07 Å². The van der Waals surface area contributed by atoms with Crippen LogP contribution in [0, 0.1) is 5.82 Å². The minimum atomic E-state index is -3.35. The van der Waals surface area contributed by atoms with Crippen LogP contribution in [0.1, 0.15) is 11.6 Å². The van der Waals surface area contributed by atoms with Crippen molar-refractivity contribution < 1.29 is 18.3 Å². The summed E-state index contributed by atoms with van der Waals surface area (Å²) < 4.78 is 41.6. The zero-order valence-electron chi connectivity index (χ0n) is 10.8. The van der Waals surface area contributed by atoms with E-state index in [2.05, 4.69) is 5.32 Å². The standard InChI is InChI=1S/C13H16ClF3N2O/c14-10-2-1-9(7-11(10)15)12(13(16,17)8-20)19-5-3-18-4-6-19/h1-2,7,12,18,20H,3-6,8H2/t12-/m1/s1. The Bertz CT molecular complexity index is 467. The van der Waals surface area contributed by atoms with E-state index in [0.29, 0.717) is 26.2 Å². The molecule has 0 unspecified atom stereocenters. The molecule has 0 bridgehead atoms. The molecule has 20 heavy (non-hydrogen) atoms. The number of benzene rings is 1. The van der Waals surface area contributed by atoms with Crippen molar-refractivity contribution >= 4 is 11.6 Å².